The van der Waals surface area contributed by atoms with Crippen LogP contribution in [0.4, 0.5) is 0 Å². The van der Waals surface area contributed by atoms with Crippen LogP contribution in [0, 0.1) is 0 Å². The normalized spacial score (nSPS) is 13.1. The molecule has 9 heteroatoms. The van der Waals surface area contributed by atoms with Crippen molar-refractivity contribution in [2.24, 2.45) is 4.99 Å². The first-order valence-corrected chi connectivity index (χ1v) is 10.4. The molecule has 144 valence electrons. The van der Waals surface area contributed by atoms with Gasteiger partial charge < -0.3 is 18.8 Å². The zero-order valence-electron chi connectivity index (χ0n) is 15.1. The molecule has 28 heavy (non-hydrogen) atoms. The van der Waals surface area contributed by atoms with Crippen molar-refractivity contribution in [3.8, 4) is 11.5 Å². The van der Waals surface area contributed by atoms with E-state index in [1.54, 1.807) is 34.5 Å². The van der Waals surface area contributed by atoms with Crippen LogP contribution in [0.3, 0.4) is 0 Å². The molecule has 0 N–H and O–H groups in total. The maximum absolute atomic E-state index is 12.7. The Morgan fingerprint density at radius 1 is 1.25 bits per heavy atom. The number of carbonyl (C=O) groups excluding carboxylic acids is 2. The van der Waals surface area contributed by atoms with Crippen LogP contribution in [0.15, 0.2) is 46.3 Å². The molecule has 0 unspecified atom stereocenters. The number of esters is 1. The summed E-state index contributed by atoms with van der Waals surface area (Å²) >= 11 is 2.85. The van der Waals surface area contributed by atoms with Crippen LogP contribution in [0.1, 0.15) is 10.4 Å². The summed E-state index contributed by atoms with van der Waals surface area (Å²) in [5.74, 6) is 0.413. The van der Waals surface area contributed by atoms with Crippen molar-refractivity contribution in [3.63, 3.8) is 0 Å². The van der Waals surface area contributed by atoms with E-state index in [2.05, 4.69) is 4.99 Å². The van der Waals surface area contributed by atoms with E-state index in [-0.39, 0.29) is 19.2 Å². The van der Waals surface area contributed by atoms with Crippen LogP contribution in [0.5, 0.6) is 11.5 Å². The van der Waals surface area contributed by atoms with Gasteiger partial charge in [0.1, 0.15) is 6.54 Å². The van der Waals surface area contributed by atoms with Crippen molar-refractivity contribution in [2.45, 2.75) is 11.4 Å². The average Bonchev–Trinajstić information content (AvgIpc) is 3.30. The molecule has 2 heterocycles. The van der Waals surface area contributed by atoms with Crippen LogP contribution in [0.2, 0.25) is 0 Å². The van der Waals surface area contributed by atoms with Gasteiger partial charge in [-0.15, -0.1) is 11.8 Å². The number of fused-ring (bicyclic) bond motifs is 2. The minimum Gasteiger partial charge on any atom is -0.468 e. The highest BCUT2D eigenvalue weighted by Crippen LogP contribution is 2.37. The molecule has 0 bridgehead atoms. The molecule has 1 aromatic heterocycles. The minimum atomic E-state index is -0.435. The third-order valence-corrected chi connectivity index (χ3v) is 5.97. The summed E-state index contributed by atoms with van der Waals surface area (Å²) in [4.78, 5) is 30.3. The van der Waals surface area contributed by atoms with Gasteiger partial charge in [0.2, 0.25) is 6.79 Å². The highest BCUT2D eigenvalue weighted by molar-refractivity contribution is 7.98. The molecule has 0 aliphatic carbocycles. The lowest BCUT2D eigenvalue weighted by Gasteiger charge is -2.04. The number of carbonyl (C=O) groups is 2. The smallest absolute Gasteiger partial charge is 0.325 e. The van der Waals surface area contributed by atoms with E-state index in [1.165, 1.54) is 18.4 Å². The van der Waals surface area contributed by atoms with E-state index in [0.717, 1.165) is 15.1 Å². The zero-order chi connectivity index (χ0) is 19.7. The van der Waals surface area contributed by atoms with Crippen molar-refractivity contribution in [1.29, 1.82) is 0 Å². The summed E-state index contributed by atoms with van der Waals surface area (Å²) in [6.07, 6.45) is 1.94. The summed E-state index contributed by atoms with van der Waals surface area (Å²) in [5.41, 5.74) is 1.21. The maximum atomic E-state index is 12.7. The molecular formula is C19H16N2O5S2. The predicted octanol–water partition coefficient (Wildman–Crippen LogP) is 3.07. The van der Waals surface area contributed by atoms with Gasteiger partial charge >= 0.3 is 5.97 Å². The van der Waals surface area contributed by atoms with Gasteiger partial charge in [-0.1, -0.05) is 17.4 Å². The molecule has 1 aliphatic heterocycles. The zero-order valence-corrected chi connectivity index (χ0v) is 16.8. The number of benzene rings is 2. The Kier molecular flexibility index (Phi) is 5.10. The summed E-state index contributed by atoms with van der Waals surface area (Å²) in [5, 5.41) is 0. The Morgan fingerprint density at radius 2 is 2.04 bits per heavy atom. The van der Waals surface area contributed by atoms with E-state index in [9.17, 15) is 9.59 Å². The molecule has 3 aromatic rings. The first-order chi connectivity index (χ1) is 13.6. The lowest BCUT2D eigenvalue weighted by Crippen LogP contribution is -2.22. The van der Waals surface area contributed by atoms with Crippen LogP contribution in [0.25, 0.3) is 10.2 Å². The van der Waals surface area contributed by atoms with Gasteiger partial charge in [0.15, 0.2) is 16.3 Å². The summed E-state index contributed by atoms with van der Waals surface area (Å²) in [6.45, 7) is 0.0955. The van der Waals surface area contributed by atoms with E-state index in [4.69, 9.17) is 14.2 Å². The maximum Gasteiger partial charge on any atom is 0.325 e. The van der Waals surface area contributed by atoms with Crippen molar-refractivity contribution < 1.29 is 23.8 Å². The molecule has 0 fully saturated rings. The van der Waals surface area contributed by atoms with Crippen molar-refractivity contribution in [1.82, 2.24) is 4.57 Å². The number of nitrogens with zero attached hydrogens (tertiary/aromatic N) is 2. The van der Waals surface area contributed by atoms with Gasteiger partial charge in [-0.05, 0) is 24.5 Å². The fourth-order valence-corrected chi connectivity index (χ4v) is 4.30. The van der Waals surface area contributed by atoms with Gasteiger partial charge in [0.25, 0.3) is 5.91 Å². The largest absolute Gasteiger partial charge is 0.468 e. The predicted molar refractivity (Wildman–Crippen MR) is 106 cm³/mol. The van der Waals surface area contributed by atoms with Gasteiger partial charge in [0, 0.05) is 22.6 Å². The number of rotatable bonds is 4. The summed E-state index contributed by atoms with van der Waals surface area (Å²) in [6, 6.07) is 10.9. The minimum absolute atomic E-state index is 0.0624. The summed E-state index contributed by atoms with van der Waals surface area (Å²) < 4.78 is 18.1. The lowest BCUT2D eigenvalue weighted by molar-refractivity contribution is -0.141. The molecule has 0 radical (unpaired) electrons. The van der Waals surface area contributed by atoms with Crippen LogP contribution in [-0.4, -0.2) is 36.6 Å². The molecule has 0 saturated carbocycles. The quantitative estimate of drug-likeness (QED) is 0.480. The molecule has 0 atom stereocenters. The molecule has 7 nitrogen and oxygen atoms in total. The second-order valence-corrected chi connectivity index (χ2v) is 7.76. The second-order valence-electron chi connectivity index (χ2n) is 5.87. The number of hydrogen-bond acceptors (Lipinski definition) is 7. The molecule has 2 aromatic carbocycles. The van der Waals surface area contributed by atoms with Crippen molar-refractivity contribution in [2.75, 3.05) is 20.2 Å². The third-order valence-electron chi connectivity index (χ3n) is 4.21. The number of aromatic nitrogens is 1. The fraction of sp³-hybridized carbons (Fsp3) is 0.211. The topological polar surface area (TPSA) is 79.1 Å². The first kappa shape index (κ1) is 18.6. The number of methoxy groups -OCH3 is 1. The number of thiazole rings is 1. The Balaban J connectivity index is 1.84. The second kappa shape index (κ2) is 7.69. The third kappa shape index (κ3) is 3.50. The van der Waals surface area contributed by atoms with Crippen molar-refractivity contribution in [3.05, 3.63) is 46.8 Å². The Bertz CT molecular complexity index is 1150. The standard InChI is InChI=1S/C19H16N2O5S2/c1-24-17(22)9-21-13-7-14-15(26-10-25-14)8-16(13)28-19(21)20-18(23)11-4-3-5-12(6-11)27-2/h3-8H,9-10H2,1-2H3. The molecule has 1 amide bonds. The van der Waals surface area contributed by atoms with Gasteiger partial charge in [-0.2, -0.15) is 4.99 Å². The average molecular weight is 416 g/mol. The van der Waals surface area contributed by atoms with Crippen LogP contribution >= 0.6 is 23.1 Å². The number of hydrogen-bond donors (Lipinski definition) is 0. The van der Waals surface area contributed by atoms with E-state index < -0.39 is 5.97 Å². The Hall–Kier alpha value is -2.78. The van der Waals surface area contributed by atoms with Gasteiger partial charge in [-0.25, -0.2) is 0 Å². The Labute approximate surface area is 168 Å². The highest BCUT2D eigenvalue weighted by atomic mass is 32.2. The number of amides is 1. The fourth-order valence-electron chi connectivity index (χ4n) is 2.80. The van der Waals surface area contributed by atoms with Crippen molar-refractivity contribution >= 4 is 45.2 Å². The summed E-state index contributed by atoms with van der Waals surface area (Å²) in [7, 11) is 1.32. The van der Waals surface area contributed by atoms with Gasteiger partial charge in [-0.3, -0.25) is 9.59 Å². The lowest BCUT2D eigenvalue weighted by atomic mass is 10.2. The molecule has 0 spiro atoms. The SMILES string of the molecule is COC(=O)Cn1c(=NC(=O)c2cccc(SC)c2)sc2cc3c(cc21)OCO3. The number of thioether (sulfide) groups is 1. The van der Waals surface area contributed by atoms with Crippen LogP contribution in [-0.2, 0) is 16.1 Å². The molecule has 1 aliphatic rings. The monoisotopic (exact) mass is 416 g/mol. The van der Waals surface area contributed by atoms with E-state index >= 15 is 0 Å². The van der Waals surface area contributed by atoms with Gasteiger partial charge in [0.05, 0.1) is 17.3 Å². The Morgan fingerprint density at radius 3 is 2.79 bits per heavy atom. The number of ether oxygens (including phenoxy) is 3. The highest BCUT2D eigenvalue weighted by Gasteiger charge is 2.19. The van der Waals surface area contributed by atoms with Crippen LogP contribution < -0.4 is 14.3 Å². The molecule has 4 rings (SSSR count). The van der Waals surface area contributed by atoms with E-state index in [0.29, 0.717) is 21.9 Å². The first-order valence-electron chi connectivity index (χ1n) is 8.32. The van der Waals surface area contributed by atoms with E-state index in [1.807, 2.05) is 24.5 Å². The molecule has 0 saturated heterocycles. The molecular weight excluding hydrogens is 400 g/mol.